The molecule has 2 atom stereocenters. The van der Waals surface area contributed by atoms with Gasteiger partial charge in [-0.1, -0.05) is 6.92 Å². The van der Waals surface area contributed by atoms with Crippen LogP contribution in [0.5, 0.6) is 0 Å². The molecule has 0 aromatic rings. The Kier molecular flexibility index (Phi) is 4.72. The Balaban J connectivity index is 3.22. The fourth-order valence-corrected chi connectivity index (χ4v) is 0.759. The summed E-state index contributed by atoms with van der Waals surface area (Å²) in [6, 6.07) is 0. The summed E-state index contributed by atoms with van der Waals surface area (Å²) in [7, 11) is 1.73. The summed E-state index contributed by atoms with van der Waals surface area (Å²) < 4.78 is 5.07. The molecule has 0 saturated heterocycles. The van der Waals surface area contributed by atoms with Crippen molar-refractivity contribution in [1.29, 1.82) is 0 Å². The zero-order valence-electron chi connectivity index (χ0n) is 6.55. The smallest absolute Gasteiger partial charge is 0.0546 e. The van der Waals surface area contributed by atoms with Gasteiger partial charge in [-0.25, -0.2) is 0 Å². The molecule has 2 unspecified atom stereocenters. The van der Waals surface area contributed by atoms with E-state index in [4.69, 9.17) is 10.5 Å². The number of hydrogen-bond acceptors (Lipinski definition) is 2. The topological polar surface area (TPSA) is 35.2 Å². The molecule has 0 aliphatic heterocycles. The van der Waals surface area contributed by atoms with E-state index < -0.39 is 0 Å². The Bertz CT molecular complexity index is 57.9. The van der Waals surface area contributed by atoms with Gasteiger partial charge in [-0.15, -0.1) is 0 Å². The van der Waals surface area contributed by atoms with Gasteiger partial charge >= 0.3 is 0 Å². The predicted molar refractivity (Wildman–Crippen MR) is 39.3 cm³/mol. The molecule has 2 nitrogen and oxygen atoms in total. The van der Waals surface area contributed by atoms with Gasteiger partial charge in [-0.05, 0) is 25.8 Å². The van der Waals surface area contributed by atoms with Crippen LogP contribution in [-0.4, -0.2) is 19.8 Å². The van der Waals surface area contributed by atoms with Crippen molar-refractivity contribution in [2.75, 3.05) is 13.7 Å². The summed E-state index contributed by atoms with van der Waals surface area (Å²) in [5, 5.41) is 0. The SMILES string of the molecule is COC(C)CC(C)CN. The van der Waals surface area contributed by atoms with Crippen LogP contribution in [0.4, 0.5) is 0 Å². The van der Waals surface area contributed by atoms with Crippen LogP contribution >= 0.6 is 0 Å². The fourth-order valence-electron chi connectivity index (χ4n) is 0.759. The third-order valence-electron chi connectivity index (χ3n) is 1.54. The molecule has 0 bridgehead atoms. The second-order valence-electron chi connectivity index (χ2n) is 2.62. The summed E-state index contributed by atoms with van der Waals surface area (Å²) in [4.78, 5) is 0. The van der Waals surface area contributed by atoms with E-state index in [2.05, 4.69) is 13.8 Å². The molecule has 0 spiro atoms. The van der Waals surface area contributed by atoms with Crippen LogP contribution in [0, 0.1) is 5.92 Å². The maximum Gasteiger partial charge on any atom is 0.0546 e. The van der Waals surface area contributed by atoms with E-state index in [0.29, 0.717) is 12.0 Å². The summed E-state index contributed by atoms with van der Waals surface area (Å²) in [6.07, 6.45) is 1.41. The van der Waals surface area contributed by atoms with Crippen molar-refractivity contribution in [2.24, 2.45) is 11.7 Å². The van der Waals surface area contributed by atoms with Crippen LogP contribution in [0.15, 0.2) is 0 Å². The summed E-state index contributed by atoms with van der Waals surface area (Å²) >= 11 is 0. The minimum Gasteiger partial charge on any atom is -0.382 e. The van der Waals surface area contributed by atoms with Crippen molar-refractivity contribution in [3.8, 4) is 0 Å². The molecule has 2 heteroatoms. The zero-order chi connectivity index (χ0) is 7.28. The quantitative estimate of drug-likeness (QED) is 0.618. The first-order valence-electron chi connectivity index (χ1n) is 3.43. The van der Waals surface area contributed by atoms with E-state index in [1.807, 2.05) is 0 Å². The monoisotopic (exact) mass is 131 g/mol. The van der Waals surface area contributed by atoms with Gasteiger partial charge in [-0.2, -0.15) is 0 Å². The lowest BCUT2D eigenvalue weighted by atomic mass is 10.1. The highest BCUT2D eigenvalue weighted by Gasteiger charge is 2.04. The second-order valence-corrected chi connectivity index (χ2v) is 2.62. The van der Waals surface area contributed by atoms with Crippen molar-refractivity contribution >= 4 is 0 Å². The Morgan fingerprint density at radius 1 is 1.44 bits per heavy atom. The Morgan fingerprint density at radius 2 is 2.00 bits per heavy atom. The maximum absolute atomic E-state index is 5.42. The maximum atomic E-state index is 5.42. The highest BCUT2D eigenvalue weighted by atomic mass is 16.5. The van der Waals surface area contributed by atoms with Gasteiger partial charge in [0.2, 0.25) is 0 Å². The molecule has 0 amide bonds. The molecule has 0 aromatic carbocycles. The predicted octanol–water partition coefficient (Wildman–Crippen LogP) is 1.01. The molecule has 0 radical (unpaired) electrons. The molecular formula is C7H17NO. The van der Waals surface area contributed by atoms with E-state index in [9.17, 15) is 0 Å². The summed E-state index contributed by atoms with van der Waals surface area (Å²) in [6.45, 7) is 4.95. The Labute approximate surface area is 57.4 Å². The molecule has 0 saturated carbocycles. The molecule has 0 aliphatic rings. The van der Waals surface area contributed by atoms with Crippen LogP contribution < -0.4 is 5.73 Å². The van der Waals surface area contributed by atoms with E-state index in [0.717, 1.165) is 13.0 Å². The van der Waals surface area contributed by atoms with Crippen LogP contribution in [0.2, 0.25) is 0 Å². The summed E-state index contributed by atoms with van der Waals surface area (Å²) in [5.41, 5.74) is 5.42. The van der Waals surface area contributed by atoms with Crippen molar-refractivity contribution in [3.63, 3.8) is 0 Å². The number of rotatable bonds is 4. The standard InChI is InChI=1S/C7H17NO/c1-6(5-8)4-7(2)9-3/h6-7H,4-5,8H2,1-3H3. The largest absolute Gasteiger partial charge is 0.382 e. The first-order chi connectivity index (χ1) is 4.20. The summed E-state index contributed by atoms with van der Waals surface area (Å²) in [5.74, 6) is 0.583. The van der Waals surface area contributed by atoms with E-state index >= 15 is 0 Å². The van der Waals surface area contributed by atoms with Gasteiger partial charge in [0.1, 0.15) is 0 Å². The van der Waals surface area contributed by atoms with E-state index in [1.165, 1.54) is 0 Å². The average Bonchev–Trinajstić information content (AvgIpc) is 1.87. The van der Waals surface area contributed by atoms with E-state index in [1.54, 1.807) is 7.11 Å². The third kappa shape index (κ3) is 4.43. The molecule has 2 N–H and O–H groups in total. The Hall–Kier alpha value is -0.0800. The molecule has 0 aromatic heterocycles. The van der Waals surface area contributed by atoms with Crippen LogP contribution in [-0.2, 0) is 4.74 Å². The number of methoxy groups -OCH3 is 1. The van der Waals surface area contributed by atoms with Gasteiger partial charge in [0, 0.05) is 7.11 Å². The lowest BCUT2D eigenvalue weighted by molar-refractivity contribution is 0.0984. The molecule has 0 aliphatic carbocycles. The second kappa shape index (κ2) is 4.77. The normalized spacial score (nSPS) is 17.3. The van der Waals surface area contributed by atoms with Crippen LogP contribution in [0.1, 0.15) is 20.3 Å². The molecule has 0 fully saturated rings. The lowest BCUT2D eigenvalue weighted by Crippen LogP contribution is -2.17. The van der Waals surface area contributed by atoms with Crippen molar-refractivity contribution < 1.29 is 4.74 Å². The molecule has 9 heavy (non-hydrogen) atoms. The third-order valence-corrected chi connectivity index (χ3v) is 1.54. The van der Waals surface area contributed by atoms with Gasteiger partial charge in [0.15, 0.2) is 0 Å². The van der Waals surface area contributed by atoms with Crippen LogP contribution in [0.3, 0.4) is 0 Å². The molecule has 0 rings (SSSR count). The van der Waals surface area contributed by atoms with Crippen LogP contribution in [0.25, 0.3) is 0 Å². The average molecular weight is 131 g/mol. The first kappa shape index (κ1) is 8.92. The lowest BCUT2D eigenvalue weighted by Gasteiger charge is -2.13. The van der Waals surface area contributed by atoms with Crippen molar-refractivity contribution in [2.45, 2.75) is 26.4 Å². The highest BCUT2D eigenvalue weighted by Crippen LogP contribution is 2.05. The zero-order valence-corrected chi connectivity index (χ0v) is 6.55. The van der Waals surface area contributed by atoms with Crippen molar-refractivity contribution in [3.05, 3.63) is 0 Å². The van der Waals surface area contributed by atoms with E-state index in [-0.39, 0.29) is 0 Å². The van der Waals surface area contributed by atoms with Gasteiger partial charge in [-0.3, -0.25) is 0 Å². The molecule has 0 heterocycles. The number of hydrogen-bond donors (Lipinski definition) is 1. The molecule has 56 valence electrons. The first-order valence-corrected chi connectivity index (χ1v) is 3.43. The van der Waals surface area contributed by atoms with Gasteiger partial charge in [0.05, 0.1) is 6.10 Å². The van der Waals surface area contributed by atoms with Crippen molar-refractivity contribution in [1.82, 2.24) is 0 Å². The van der Waals surface area contributed by atoms with Gasteiger partial charge in [0.25, 0.3) is 0 Å². The minimum absolute atomic E-state index is 0.351. The van der Waals surface area contributed by atoms with Gasteiger partial charge < -0.3 is 10.5 Å². The molecular weight excluding hydrogens is 114 g/mol. The minimum atomic E-state index is 0.351. The number of ether oxygens (including phenoxy) is 1. The highest BCUT2D eigenvalue weighted by molar-refractivity contribution is 4.57. The fraction of sp³-hybridized carbons (Fsp3) is 1.00. The Morgan fingerprint density at radius 3 is 2.33 bits per heavy atom. The number of nitrogens with two attached hydrogens (primary N) is 1.